The molecule has 1 heterocycles. The summed E-state index contributed by atoms with van der Waals surface area (Å²) >= 11 is 15.1. The van der Waals surface area contributed by atoms with E-state index in [9.17, 15) is 4.79 Å². The number of hydrogen-bond acceptors (Lipinski definition) is 2. The largest absolute Gasteiger partial charge is 0.355 e. The zero-order chi connectivity index (χ0) is 13.3. The van der Waals surface area contributed by atoms with Crippen LogP contribution in [0.4, 0.5) is 0 Å². The molecule has 0 aliphatic carbocycles. The van der Waals surface area contributed by atoms with Gasteiger partial charge in [-0.2, -0.15) is 5.10 Å². The molecular formula is C11H8BrCl2N3O. The van der Waals surface area contributed by atoms with Crippen LogP contribution in [0.3, 0.4) is 0 Å². The van der Waals surface area contributed by atoms with Crippen molar-refractivity contribution in [1.82, 2.24) is 15.1 Å². The molecule has 0 aliphatic rings. The Labute approximate surface area is 122 Å². The summed E-state index contributed by atoms with van der Waals surface area (Å²) in [7, 11) is 1.56. The van der Waals surface area contributed by atoms with Crippen molar-refractivity contribution in [2.75, 3.05) is 7.05 Å². The van der Waals surface area contributed by atoms with Crippen molar-refractivity contribution in [3.8, 4) is 5.69 Å². The standard InChI is InChI=1S/C11H8BrCl2N3O/c1-15-11(18)7-5-16-17(10(7)12)6-2-3-8(13)9(14)4-6/h2-5H,1H3,(H,15,18). The van der Waals surface area contributed by atoms with Crippen LogP contribution in [0.15, 0.2) is 29.0 Å². The number of benzene rings is 1. The Balaban J connectivity index is 2.48. The first kappa shape index (κ1) is 13.4. The quantitative estimate of drug-likeness (QED) is 0.905. The normalized spacial score (nSPS) is 10.4. The van der Waals surface area contributed by atoms with Crippen molar-refractivity contribution < 1.29 is 4.79 Å². The fourth-order valence-corrected chi connectivity index (χ4v) is 2.29. The van der Waals surface area contributed by atoms with E-state index in [1.54, 1.807) is 29.9 Å². The van der Waals surface area contributed by atoms with Gasteiger partial charge < -0.3 is 5.32 Å². The lowest BCUT2D eigenvalue weighted by Crippen LogP contribution is -2.17. The van der Waals surface area contributed by atoms with Crippen LogP contribution in [0, 0.1) is 0 Å². The van der Waals surface area contributed by atoms with Gasteiger partial charge >= 0.3 is 0 Å². The number of halogens is 3. The van der Waals surface area contributed by atoms with Gasteiger partial charge in [-0.3, -0.25) is 4.79 Å². The molecule has 0 atom stereocenters. The van der Waals surface area contributed by atoms with Gasteiger partial charge in [-0.1, -0.05) is 23.2 Å². The summed E-state index contributed by atoms with van der Waals surface area (Å²) in [6, 6.07) is 5.11. The molecule has 0 saturated carbocycles. The Kier molecular flexibility index (Phi) is 3.94. The van der Waals surface area contributed by atoms with Crippen molar-refractivity contribution >= 4 is 45.0 Å². The first-order chi connectivity index (χ1) is 8.54. The highest BCUT2D eigenvalue weighted by molar-refractivity contribution is 9.10. The third-order valence-electron chi connectivity index (χ3n) is 2.33. The van der Waals surface area contributed by atoms with Crippen LogP contribution < -0.4 is 5.32 Å². The SMILES string of the molecule is CNC(=O)c1cnn(-c2ccc(Cl)c(Cl)c2)c1Br. The third kappa shape index (κ3) is 2.39. The number of nitrogens with one attached hydrogen (secondary N) is 1. The first-order valence-electron chi connectivity index (χ1n) is 4.95. The van der Waals surface area contributed by atoms with Gasteiger partial charge in [-0.15, -0.1) is 0 Å². The van der Waals surface area contributed by atoms with Crippen molar-refractivity contribution in [1.29, 1.82) is 0 Å². The van der Waals surface area contributed by atoms with Gasteiger partial charge in [0.1, 0.15) is 4.60 Å². The number of carbonyl (C=O) groups excluding carboxylic acids is 1. The average Bonchev–Trinajstić information content (AvgIpc) is 2.74. The van der Waals surface area contributed by atoms with Crippen LogP contribution in [-0.2, 0) is 0 Å². The summed E-state index contributed by atoms with van der Waals surface area (Å²) in [5.74, 6) is -0.215. The molecular weight excluding hydrogens is 341 g/mol. The van der Waals surface area contributed by atoms with E-state index in [-0.39, 0.29) is 5.91 Å². The molecule has 2 rings (SSSR count). The minimum absolute atomic E-state index is 0.215. The minimum atomic E-state index is -0.215. The van der Waals surface area contributed by atoms with E-state index >= 15 is 0 Å². The van der Waals surface area contributed by atoms with Crippen LogP contribution in [-0.4, -0.2) is 22.7 Å². The van der Waals surface area contributed by atoms with E-state index in [0.29, 0.717) is 25.9 Å². The molecule has 1 N–H and O–H groups in total. The predicted molar refractivity (Wildman–Crippen MR) is 74.7 cm³/mol. The topological polar surface area (TPSA) is 46.9 Å². The lowest BCUT2D eigenvalue weighted by Gasteiger charge is -2.05. The molecule has 0 fully saturated rings. The second-order valence-corrected chi connectivity index (χ2v) is 5.00. The Morgan fingerprint density at radius 1 is 1.39 bits per heavy atom. The summed E-state index contributed by atoms with van der Waals surface area (Å²) in [6.07, 6.45) is 1.48. The fourth-order valence-electron chi connectivity index (χ4n) is 1.42. The lowest BCUT2D eigenvalue weighted by atomic mass is 10.3. The minimum Gasteiger partial charge on any atom is -0.355 e. The molecule has 94 valence electrons. The Hall–Kier alpha value is -1.04. The summed E-state index contributed by atoms with van der Waals surface area (Å²) < 4.78 is 2.12. The predicted octanol–water partition coefficient (Wildman–Crippen LogP) is 3.30. The maximum atomic E-state index is 11.6. The van der Waals surface area contributed by atoms with Crippen molar-refractivity contribution in [2.45, 2.75) is 0 Å². The number of hydrogen-bond donors (Lipinski definition) is 1. The molecule has 0 radical (unpaired) electrons. The molecule has 1 aromatic carbocycles. The van der Waals surface area contributed by atoms with Gasteiger partial charge in [0, 0.05) is 7.05 Å². The van der Waals surface area contributed by atoms with E-state index in [1.807, 2.05) is 0 Å². The number of aromatic nitrogens is 2. The molecule has 0 bridgehead atoms. The van der Waals surface area contributed by atoms with Crippen LogP contribution in [0.2, 0.25) is 10.0 Å². The second kappa shape index (κ2) is 5.30. The molecule has 0 aliphatic heterocycles. The average molecular weight is 349 g/mol. The number of amides is 1. The molecule has 0 spiro atoms. The monoisotopic (exact) mass is 347 g/mol. The zero-order valence-electron chi connectivity index (χ0n) is 9.25. The van der Waals surface area contributed by atoms with E-state index in [4.69, 9.17) is 23.2 Å². The zero-order valence-corrected chi connectivity index (χ0v) is 12.3. The van der Waals surface area contributed by atoms with Gasteiger partial charge in [0.15, 0.2) is 0 Å². The summed E-state index contributed by atoms with van der Waals surface area (Å²) in [5.41, 5.74) is 1.16. The fraction of sp³-hybridized carbons (Fsp3) is 0.0909. The highest BCUT2D eigenvalue weighted by Gasteiger charge is 2.15. The van der Waals surface area contributed by atoms with Crippen LogP contribution in [0.25, 0.3) is 5.69 Å². The van der Waals surface area contributed by atoms with Crippen molar-refractivity contribution in [3.05, 3.63) is 44.6 Å². The van der Waals surface area contributed by atoms with E-state index in [0.717, 1.165) is 0 Å². The smallest absolute Gasteiger partial charge is 0.255 e. The van der Waals surface area contributed by atoms with E-state index < -0.39 is 0 Å². The Morgan fingerprint density at radius 3 is 2.72 bits per heavy atom. The Bertz CT molecular complexity index is 612. The third-order valence-corrected chi connectivity index (χ3v) is 3.83. The summed E-state index contributed by atoms with van der Waals surface area (Å²) in [6.45, 7) is 0. The number of rotatable bonds is 2. The van der Waals surface area contributed by atoms with E-state index in [1.165, 1.54) is 6.20 Å². The molecule has 0 saturated heterocycles. The summed E-state index contributed by atoms with van der Waals surface area (Å²) in [5, 5.41) is 7.57. The van der Waals surface area contributed by atoms with Crippen LogP contribution in [0.5, 0.6) is 0 Å². The van der Waals surface area contributed by atoms with Crippen LogP contribution in [0.1, 0.15) is 10.4 Å². The highest BCUT2D eigenvalue weighted by Crippen LogP contribution is 2.27. The summed E-state index contributed by atoms with van der Waals surface area (Å²) in [4.78, 5) is 11.6. The molecule has 7 heteroatoms. The van der Waals surface area contributed by atoms with Gasteiger partial charge in [-0.05, 0) is 34.1 Å². The molecule has 1 amide bonds. The first-order valence-corrected chi connectivity index (χ1v) is 6.50. The molecule has 4 nitrogen and oxygen atoms in total. The van der Waals surface area contributed by atoms with Crippen molar-refractivity contribution in [2.24, 2.45) is 0 Å². The van der Waals surface area contributed by atoms with Crippen molar-refractivity contribution in [3.63, 3.8) is 0 Å². The van der Waals surface area contributed by atoms with E-state index in [2.05, 4.69) is 26.3 Å². The molecule has 0 unspecified atom stereocenters. The maximum Gasteiger partial charge on any atom is 0.255 e. The lowest BCUT2D eigenvalue weighted by molar-refractivity contribution is 0.0962. The van der Waals surface area contributed by atoms with Crippen LogP contribution >= 0.6 is 39.1 Å². The number of nitrogens with zero attached hydrogens (tertiary/aromatic N) is 2. The Morgan fingerprint density at radius 2 is 2.11 bits per heavy atom. The number of carbonyl (C=O) groups is 1. The van der Waals surface area contributed by atoms with Gasteiger partial charge in [0.25, 0.3) is 5.91 Å². The van der Waals surface area contributed by atoms with Gasteiger partial charge in [-0.25, -0.2) is 4.68 Å². The highest BCUT2D eigenvalue weighted by atomic mass is 79.9. The molecule has 1 aromatic heterocycles. The molecule has 2 aromatic rings. The maximum absolute atomic E-state index is 11.6. The van der Waals surface area contributed by atoms with Gasteiger partial charge in [0.2, 0.25) is 0 Å². The second-order valence-electron chi connectivity index (χ2n) is 3.44. The molecule has 18 heavy (non-hydrogen) atoms. The van der Waals surface area contributed by atoms with Gasteiger partial charge in [0.05, 0.1) is 27.5 Å².